The average molecular weight is 472 g/mol. The van der Waals surface area contributed by atoms with Gasteiger partial charge in [-0.05, 0) is 36.7 Å². The number of aliphatic imine (C=N–C) groups is 1. The quantitative estimate of drug-likeness (QED) is 0.365. The van der Waals surface area contributed by atoms with Crippen LogP contribution in [0.3, 0.4) is 0 Å². The number of benzene rings is 1. The molecule has 2 N–H and O–H groups in total. The van der Waals surface area contributed by atoms with Crippen molar-refractivity contribution in [1.82, 2.24) is 15.5 Å². The number of nitrogens with zero attached hydrogens (tertiary/aromatic N) is 2. The van der Waals surface area contributed by atoms with Crippen molar-refractivity contribution < 1.29 is 4.79 Å². The van der Waals surface area contributed by atoms with E-state index in [1.165, 1.54) is 18.4 Å². The third kappa shape index (κ3) is 7.93. The van der Waals surface area contributed by atoms with E-state index in [-0.39, 0.29) is 36.4 Å². The predicted octanol–water partition coefficient (Wildman–Crippen LogP) is 2.91. The van der Waals surface area contributed by atoms with E-state index >= 15 is 0 Å². The second kappa shape index (κ2) is 12.1. The maximum absolute atomic E-state index is 12.0. The Morgan fingerprint density at radius 3 is 2.65 bits per heavy atom. The number of carbonyl (C=O) groups excluding carboxylic acids is 1. The molecule has 1 amide bonds. The number of rotatable bonds is 7. The summed E-state index contributed by atoms with van der Waals surface area (Å²) in [4.78, 5) is 18.6. The molecule has 0 aromatic heterocycles. The van der Waals surface area contributed by atoms with Gasteiger partial charge in [0.1, 0.15) is 0 Å². The minimum Gasteiger partial charge on any atom is -0.354 e. The van der Waals surface area contributed by atoms with Gasteiger partial charge in [0.2, 0.25) is 5.91 Å². The summed E-state index contributed by atoms with van der Waals surface area (Å²) < 4.78 is 0. The normalized spacial score (nSPS) is 17.2. The molecule has 1 aromatic rings. The van der Waals surface area contributed by atoms with E-state index in [9.17, 15) is 4.79 Å². The van der Waals surface area contributed by atoms with Gasteiger partial charge in [-0.2, -0.15) is 0 Å². The average Bonchev–Trinajstić information content (AvgIpc) is 3.04. The molecule has 1 aliphatic heterocycles. The summed E-state index contributed by atoms with van der Waals surface area (Å²) in [6.45, 7) is 7.53. The number of likely N-dealkylation sites (tertiary alicyclic amines) is 1. The van der Waals surface area contributed by atoms with Crippen LogP contribution in [0, 0.1) is 11.8 Å². The Hall–Kier alpha value is -1.31. The molecule has 2 rings (SSSR count). The fourth-order valence-corrected chi connectivity index (χ4v) is 3.43. The number of nitrogens with one attached hydrogen (secondary N) is 2. The van der Waals surface area contributed by atoms with Gasteiger partial charge in [0.15, 0.2) is 5.96 Å². The fraction of sp³-hybridized carbons (Fsp3) is 0.600. The van der Waals surface area contributed by atoms with Gasteiger partial charge < -0.3 is 15.5 Å². The summed E-state index contributed by atoms with van der Waals surface area (Å²) in [6, 6.07) is 10.2. The highest BCUT2D eigenvalue weighted by atomic mass is 127. The van der Waals surface area contributed by atoms with E-state index in [0.717, 1.165) is 37.3 Å². The van der Waals surface area contributed by atoms with Gasteiger partial charge in [-0.25, -0.2) is 0 Å². The zero-order chi connectivity index (χ0) is 18.1. The number of hydrogen-bond donors (Lipinski definition) is 2. The molecule has 0 radical (unpaired) electrons. The van der Waals surface area contributed by atoms with Gasteiger partial charge in [-0.1, -0.05) is 44.2 Å². The van der Waals surface area contributed by atoms with E-state index in [0.29, 0.717) is 6.54 Å². The summed E-state index contributed by atoms with van der Waals surface area (Å²) in [5.41, 5.74) is 1.24. The van der Waals surface area contributed by atoms with Crippen molar-refractivity contribution >= 4 is 35.8 Å². The molecule has 1 atom stereocenters. The van der Waals surface area contributed by atoms with Crippen molar-refractivity contribution in [2.24, 2.45) is 16.8 Å². The molecule has 1 unspecified atom stereocenters. The van der Waals surface area contributed by atoms with Gasteiger partial charge in [0, 0.05) is 26.7 Å². The summed E-state index contributed by atoms with van der Waals surface area (Å²) >= 11 is 0. The molecule has 1 fully saturated rings. The molecule has 1 heterocycles. The van der Waals surface area contributed by atoms with Crippen molar-refractivity contribution in [3.05, 3.63) is 35.9 Å². The topological polar surface area (TPSA) is 56.7 Å². The molecule has 0 spiro atoms. The monoisotopic (exact) mass is 472 g/mol. The van der Waals surface area contributed by atoms with Crippen LogP contribution in [0.15, 0.2) is 35.3 Å². The van der Waals surface area contributed by atoms with Crippen LogP contribution in [0.5, 0.6) is 0 Å². The minimum absolute atomic E-state index is 0. The van der Waals surface area contributed by atoms with Gasteiger partial charge in [0.25, 0.3) is 0 Å². The van der Waals surface area contributed by atoms with E-state index in [2.05, 4.69) is 46.5 Å². The number of carbonyl (C=O) groups is 1. The van der Waals surface area contributed by atoms with Crippen LogP contribution in [0.1, 0.15) is 32.3 Å². The lowest BCUT2D eigenvalue weighted by Crippen LogP contribution is -2.45. The van der Waals surface area contributed by atoms with Gasteiger partial charge in [-0.15, -0.1) is 24.0 Å². The summed E-state index contributed by atoms with van der Waals surface area (Å²) in [5.74, 6) is 2.31. The van der Waals surface area contributed by atoms with E-state index in [1.807, 2.05) is 18.2 Å². The smallest absolute Gasteiger partial charge is 0.239 e. The molecule has 6 heteroatoms. The molecular formula is C20H33IN4O. The predicted molar refractivity (Wildman–Crippen MR) is 119 cm³/mol. The summed E-state index contributed by atoms with van der Waals surface area (Å²) in [6.07, 6.45) is 3.32. The van der Waals surface area contributed by atoms with Gasteiger partial charge >= 0.3 is 0 Å². The highest BCUT2D eigenvalue weighted by Crippen LogP contribution is 2.23. The molecule has 0 aliphatic carbocycles. The number of halogens is 1. The van der Waals surface area contributed by atoms with Gasteiger partial charge in [-0.3, -0.25) is 9.79 Å². The first-order chi connectivity index (χ1) is 12.1. The highest BCUT2D eigenvalue weighted by Gasteiger charge is 2.25. The Kier molecular flexibility index (Phi) is 10.6. The van der Waals surface area contributed by atoms with Crippen molar-refractivity contribution in [1.29, 1.82) is 0 Å². The molecule has 1 aromatic carbocycles. The number of guanidine groups is 1. The lowest BCUT2D eigenvalue weighted by molar-refractivity contribution is -0.120. The molecule has 146 valence electrons. The van der Waals surface area contributed by atoms with E-state index < -0.39 is 0 Å². The first-order valence-electron chi connectivity index (χ1n) is 9.34. The van der Waals surface area contributed by atoms with Crippen LogP contribution in [-0.2, 0) is 11.2 Å². The molecule has 0 saturated carbocycles. The second-order valence-electron chi connectivity index (χ2n) is 7.22. The summed E-state index contributed by atoms with van der Waals surface area (Å²) in [7, 11) is 1.78. The van der Waals surface area contributed by atoms with Gasteiger partial charge in [0.05, 0.1) is 6.54 Å². The fourth-order valence-electron chi connectivity index (χ4n) is 3.43. The third-order valence-corrected chi connectivity index (χ3v) is 4.59. The zero-order valence-electron chi connectivity index (χ0n) is 16.2. The van der Waals surface area contributed by atoms with Crippen LogP contribution in [0.2, 0.25) is 0 Å². The zero-order valence-corrected chi connectivity index (χ0v) is 18.5. The molecule has 1 aliphatic rings. The van der Waals surface area contributed by atoms with Crippen molar-refractivity contribution in [3.8, 4) is 0 Å². The van der Waals surface area contributed by atoms with Crippen LogP contribution in [0.4, 0.5) is 0 Å². The number of amides is 1. The maximum Gasteiger partial charge on any atom is 0.239 e. The van der Waals surface area contributed by atoms with Crippen molar-refractivity contribution in [2.45, 2.75) is 33.1 Å². The van der Waals surface area contributed by atoms with E-state index in [4.69, 9.17) is 0 Å². The first-order valence-corrected chi connectivity index (χ1v) is 9.34. The van der Waals surface area contributed by atoms with Crippen molar-refractivity contribution in [2.75, 3.05) is 33.2 Å². The SMILES string of the molecule is CN=C(NCC(=O)NCCc1ccccc1)N1CCC(CC(C)C)C1.I. The van der Waals surface area contributed by atoms with Crippen LogP contribution in [-0.4, -0.2) is 50.0 Å². The Balaban J connectivity index is 0.00000338. The molecule has 0 bridgehead atoms. The Morgan fingerprint density at radius 2 is 2.00 bits per heavy atom. The standard InChI is InChI=1S/C20H32N4O.HI/c1-16(2)13-18-10-12-24(15-18)20(21-3)23-14-19(25)22-11-9-17-7-5-4-6-8-17;/h4-8,16,18H,9-15H2,1-3H3,(H,21,23)(H,22,25);1H. The van der Waals surface area contributed by atoms with Crippen LogP contribution < -0.4 is 10.6 Å². The minimum atomic E-state index is 0. The number of hydrogen-bond acceptors (Lipinski definition) is 2. The van der Waals surface area contributed by atoms with Crippen LogP contribution in [0.25, 0.3) is 0 Å². The summed E-state index contributed by atoms with van der Waals surface area (Å²) in [5, 5.41) is 6.16. The molecule has 1 saturated heterocycles. The van der Waals surface area contributed by atoms with E-state index in [1.54, 1.807) is 7.05 Å². The molecular weight excluding hydrogens is 439 g/mol. The molecule has 5 nitrogen and oxygen atoms in total. The Morgan fingerprint density at radius 1 is 1.27 bits per heavy atom. The highest BCUT2D eigenvalue weighted by molar-refractivity contribution is 14.0. The lowest BCUT2D eigenvalue weighted by atomic mass is 9.97. The largest absolute Gasteiger partial charge is 0.354 e. The van der Waals surface area contributed by atoms with Crippen LogP contribution >= 0.6 is 24.0 Å². The molecule has 26 heavy (non-hydrogen) atoms. The maximum atomic E-state index is 12.0. The van der Waals surface area contributed by atoms with Crippen molar-refractivity contribution in [3.63, 3.8) is 0 Å². The Labute approximate surface area is 175 Å². The lowest BCUT2D eigenvalue weighted by Gasteiger charge is -2.22. The third-order valence-electron chi connectivity index (χ3n) is 4.59. The Bertz CT molecular complexity index is 562. The first kappa shape index (κ1) is 22.7. The second-order valence-corrected chi connectivity index (χ2v) is 7.22.